The molecule has 9 heteroatoms. The highest BCUT2D eigenvalue weighted by atomic mass is 19.1. The molecular formula is C46H78F2O7. The number of ether oxygens (including phenoxy) is 4. The molecule has 0 aliphatic heterocycles. The number of carbonyl (C=O) groups is 2. The van der Waals surface area contributed by atoms with Gasteiger partial charge in [-0.2, -0.15) is 0 Å². The van der Waals surface area contributed by atoms with Crippen LogP contribution in [-0.4, -0.2) is 82.6 Å². The minimum absolute atomic E-state index is 0.0348. The van der Waals surface area contributed by atoms with Crippen molar-refractivity contribution in [3.05, 3.63) is 0 Å². The number of aliphatic hydroxyl groups excluding tert-OH is 1. The highest BCUT2D eigenvalue weighted by molar-refractivity contribution is 5.88. The van der Waals surface area contributed by atoms with Crippen molar-refractivity contribution in [2.75, 3.05) is 41.5 Å². The SMILES string of the molecule is COCO[C@@H]1C[C@@](C)(CCCF)C(=O)[C@H](C)C23CC[C@@H](C)[C@]1(C)C2[C@H](OC)CC3.CO[C@@H]1CCC23CC[C@@H](C)[C@](C)(C12)[C@H](O)C[C@@](C)(CCCF)C(=O)[C@@H]3C. The lowest BCUT2D eigenvalue weighted by Gasteiger charge is -2.62. The minimum Gasteiger partial charge on any atom is -0.393 e. The molecule has 0 radical (unpaired) electrons. The third-order valence-electron chi connectivity index (χ3n) is 18.4. The van der Waals surface area contributed by atoms with Gasteiger partial charge < -0.3 is 24.1 Å². The van der Waals surface area contributed by atoms with Gasteiger partial charge in [0.1, 0.15) is 18.4 Å². The van der Waals surface area contributed by atoms with Crippen molar-refractivity contribution >= 4 is 11.6 Å². The lowest BCUT2D eigenvalue weighted by Crippen LogP contribution is -2.63. The van der Waals surface area contributed by atoms with Crippen molar-refractivity contribution in [3.63, 3.8) is 0 Å². The Bertz CT molecular complexity index is 1350. The van der Waals surface area contributed by atoms with E-state index in [0.29, 0.717) is 56.1 Å². The first kappa shape index (κ1) is 45.1. The normalized spacial score (nSPS) is 49.5. The Labute approximate surface area is 332 Å². The maximum absolute atomic E-state index is 13.9. The van der Waals surface area contributed by atoms with Crippen LogP contribution in [0.3, 0.4) is 0 Å². The van der Waals surface area contributed by atoms with E-state index in [0.717, 1.165) is 51.4 Å². The van der Waals surface area contributed by atoms with Gasteiger partial charge in [0, 0.05) is 54.8 Å². The summed E-state index contributed by atoms with van der Waals surface area (Å²) in [6.07, 6.45) is 10.9. The van der Waals surface area contributed by atoms with Crippen LogP contribution in [0.25, 0.3) is 0 Å². The maximum atomic E-state index is 13.9. The zero-order valence-electron chi connectivity index (χ0n) is 36.4. The molecule has 6 fully saturated rings. The zero-order valence-corrected chi connectivity index (χ0v) is 36.4. The predicted molar refractivity (Wildman–Crippen MR) is 212 cm³/mol. The van der Waals surface area contributed by atoms with E-state index in [9.17, 15) is 23.5 Å². The summed E-state index contributed by atoms with van der Waals surface area (Å²) in [5, 5.41) is 11.4. The van der Waals surface area contributed by atoms with E-state index in [2.05, 4.69) is 41.5 Å². The van der Waals surface area contributed by atoms with Gasteiger partial charge in [0.15, 0.2) is 0 Å². The summed E-state index contributed by atoms with van der Waals surface area (Å²) in [6, 6.07) is 0. The van der Waals surface area contributed by atoms with Crippen molar-refractivity contribution in [3.8, 4) is 0 Å². The van der Waals surface area contributed by atoms with Gasteiger partial charge in [-0.25, -0.2) is 0 Å². The van der Waals surface area contributed by atoms with E-state index in [1.54, 1.807) is 14.2 Å². The van der Waals surface area contributed by atoms with Gasteiger partial charge in [-0.15, -0.1) is 0 Å². The van der Waals surface area contributed by atoms with Crippen LogP contribution in [0.15, 0.2) is 0 Å². The van der Waals surface area contributed by atoms with Gasteiger partial charge in [0.2, 0.25) is 0 Å². The molecule has 7 nitrogen and oxygen atoms in total. The van der Waals surface area contributed by atoms with E-state index < -0.39 is 23.6 Å². The molecule has 6 aliphatic carbocycles. The van der Waals surface area contributed by atoms with Crippen LogP contribution in [0.4, 0.5) is 8.78 Å². The van der Waals surface area contributed by atoms with Gasteiger partial charge in [0.25, 0.3) is 0 Å². The van der Waals surface area contributed by atoms with E-state index in [4.69, 9.17) is 18.9 Å². The van der Waals surface area contributed by atoms with Crippen molar-refractivity contribution < 1.29 is 42.4 Å². The number of hydrogen-bond donors (Lipinski definition) is 1. The zero-order chi connectivity index (χ0) is 40.8. The van der Waals surface area contributed by atoms with Gasteiger partial charge >= 0.3 is 0 Å². The Hall–Kier alpha value is -1.00. The van der Waals surface area contributed by atoms with Crippen molar-refractivity contribution in [1.82, 2.24) is 0 Å². The molecule has 0 aromatic heterocycles. The van der Waals surface area contributed by atoms with Crippen molar-refractivity contribution in [2.24, 2.45) is 68.0 Å². The van der Waals surface area contributed by atoms with Gasteiger partial charge in [-0.1, -0.05) is 55.4 Å². The molecule has 6 aliphatic rings. The highest BCUT2D eigenvalue weighted by Crippen LogP contribution is 2.70. The quantitative estimate of drug-likeness (QED) is 0.209. The number of rotatable bonds is 11. The van der Waals surface area contributed by atoms with Crippen molar-refractivity contribution in [1.29, 1.82) is 0 Å². The fourth-order valence-electron chi connectivity index (χ4n) is 14.8. The molecule has 0 spiro atoms. The number of aliphatic hydroxyl groups is 1. The number of alkyl halides is 2. The van der Waals surface area contributed by atoms with Gasteiger partial charge in [-0.3, -0.25) is 18.4 Å². The van der Waals surface area contributed by atoms with Gasteiger partial charge in [-0.05, 0) is 124 Å². The summed E-state index contributed by atoms with van der Waals surface area (Å²) < 4.78 is 49.6. The van der Waals surface area contributed by atoms with E-state index in [-0.39, 0.29) is 82.9 Å². The van der Waals surface area contributed by atoms with E-state index in [1.807, 2.05) is 21.0 Å². The van der Waals surface area contributed by atoms with Crippen LogP contribution in [0, 0.1) is 68.0 Å². The van der Waals surface area contributed by atoms with Crippen LogP contribution in [0.5, 0.6) is 0 Å². The molecule has 6 saturated carbocycles. The largest absolute Gasteiger partial charge is 0.393 e. The summed E-state index contributed by atoms with van der Waals surface area (Å²) in [5.41, 5.74) is -1.71. The highest BCUT2D eigenvalue weighted by Gasteiger charge is 2.69. The topological polar surface area (TPSA) is 91.3 Å². The fourth-order valence-corrected chi connectivity index (χ4v) is 14.8. The molecular weight excluding hydrogens is 702 g/mol. The summed E-state index contributed by atoms with van der Waals surface area (Å²) >= 11 is 0. The summed E-state index contributed by atoms with van der Waals surface area (Å²) in [4.78, 5) is 27.5. The molecule has 55 heavy (non-hydrogen) atoms. The second kappa shape index (κ2) is 16.9. The average molecular weight is 781 g/mol. The average Bonchev–Trinajstić information content (AvgIpc) is 3.77. The molecule has 0 saturated heterocycles. The number of ketones is 2. The number of methoxy groups -OCH3 is 3. The van der Waals surface area contributed by atoms with Crippen LogP contribution in [0.1, 0.15) is 145 Å². The molecule has 0 aromatic rings. The van der Waals surface area contributed by atoms with Crippen LogP contribution in [0.2, 0.25) is 0 Å². The Morgan fingerprint density at radius 1 is 0.655 bits per heavy atom. The summed E-state index contributed by atoms with van der Waals surface area (Å²) in [5.74, 6) is 1.79. The monoisotopic (exact) mass is 781 g/mol. The lowest BCUT2D eigenvalue weighted by molar-refractivity contribution is -0.220. The molecule has 0 heterocycles. The number of hydrogen-bond acceptors (Lipinski definition) is 7. The smallest absolute Gasteiger partial charge is 0.146 e. The van der Waals surface area contributed by atoms with Crippen LogP contribution in [-0.2, 0) is 28.5 Å². The predicted octanol–water partition coefficient (Wildman–Crippen LogP) is 9.75. The molecule has 0 amide bonds. The second-order valence-corrected chi connectivity index (χ2v) is 20.5. The molecule has 1 N–H and O–H groups in total. The van der Waals surface area contributed by atoms with Crippen molar-refractivity contribution in [2.45, 2.75) is 170 Å². The number of carbonyl (C=O) groups excluding carboxylic acids is 2. The summed E-state index contributed by atoms with van der Waals surface area (Å²) in [7, 11) is 5.23. The lowest BCUT2D eigenvalue weighted by atomic mass is 9.43. The fraction of sp³-hybridized carbons (Fsp3) is 0.957. The molecule has 0 aromatic carbocycles. The minimum atomic E-state index is -0.633. The first-order valence-electron chi connectivity index (χ1n) is 21.9. The molecule has 318 valence electrons. The summed E-state index contributed by atoms with van der Waals surface area (Å²) in [6.45, 7) is 16.9. The third-order valence-corrected chi connectivity index (χ3v) is 18.4. The molecule has 6 rings (SSSR count). The van der Waals surface area contributed by atoms with Gasteiger partial charge in [0.05, 0.1) is 37.8 Å². The van der Waals surface area contributed by atoms with E-state index in [1.165, 1.54) is 0 Å². The Morgan fingerprint density at radius 3 is 1.51 bits per heavy atom. The number of halogens is 2. The molecule has 16 atom stereocenters. The van der Waals surface area contributed by atoms with Crippen LogP contribution >= 0.6 is 0 Å². The first-order valence-corrected chi connectivity index (χ1v) is 21.9. The Balaban J connectivity index is 0.000000212. The second-order valence-electron chi connectivity index (χ2n) is 20.5. The number of Topliss-reactive ketones (excluding diaryl/α,β-unsaturated/α-hetero) is 2. The molecule has 4 bridgehead atoms. The molecule has 4 unspecified atom stereocenters. The maximum Gasteiger partial charge on any atom is 0.146 e. The first-order chi connectivity index (χ1) is 25.9. The third kappa shape index (κ3) is 7.13. The van der Waals surface area contributed by atoms with E-state index >= 15 is 0 Å². The Kier molecular flexibility index (Phi) is 13.9. The van der Waals surface area contributed by atoms with Crippen LogP contribution < -0.4 is 0 Å². The Morgan fingerprint density at radius 2 is 1.07 bits per heavy atom. The standard InChI is InChI=1S/C24H41FO4.C22H37FO3/c1-16-8-11-24-12-9-18(28-6)20(24)23(16,4)19(29-15-27-5)14-22(3,10-7-13-25)21(26)17(24)2;1-14-7-10-22-11-8-16(26-5)18(22)21(14,4)17(24)13-20(3,9-6-12-23)19(25)15(22)2/h16-20H,7-15H2,1-6H3;14-18,24H,6-13H2,1-5H3/t16-,17+,18-,19-,20?,22-,23+,24?;14-,15+,16-,17-,18?,20-,21+,22?/m11/s1.